The zero-order valence-corrected chi connectivity index (χ0v) is 15.4. The van der Waals surface area contributed by atoms with Crippen molar-refractivity contribution in [1.82, 2.24) is 26.1 Å². The number of hydroxylamine groups is 2. The molecule has 3 rings (SSSR count). The Kier molecular flexibility index (Phi) is 5.83. The number of carbonyl (C=O) groups excluding carboxylic acids is 3. The van der Waals surface area contributed by atoms with Crippen LogP contribution in [0.15, 0.2) is 0 Å². The SMILES string of the molecule is O=C(CC1CCCCN1)NNC(=O)[C@@H]1CC[C@@H]2CN1C(=O)N2OS(=O)(=O)O. The molecule has 0 radical (unpaired) electrons. The van der Waals surface area contributed by atoms with Crippen molar-refractivity contribution < 1.29 is 31.6 Å². The number of piperidine rings is 2. The van der Waals surface area contributed by atoms with E-state index in [1.54, 1.807) is 0 Å². The molecule has 3 fully saturated rings. The summed E-state index contributed by atoms with van der Waals surface area (Å²) in [6, 6.07) is -2.18. The van der Waals surface area contributed by atoms with Gasteiger partial charge in [-0.1, -0.05) is 6.42 Å². The summed E-state index contributed by atoms with van der Waals surface area (Å²) < 4.78 is 34.8. The maximum Gasteiger partial charge on any atom is 0.418 e. The highest BCUT2D eigenvalue weighted by atomic mass is 32.3. The highest BCUT2D eigenvalue weighted by molar-refractivity contribution is 7.80. The van der Waals surface area contributed by atoms with Gasteiger partial charge in [-0.2, -0.15) is 13.5 Å². The number of hydrogen-bond donors (Lipinski definition) is 4. The van der Waals surface area contributed by atoms with Gasteiger partial charge in [0.15, 0.2) is 0 Å². The van der Waals surface area contributed by atoms with Gasteiger partial charge in [0.1, 0.15) is 6.04 Å². The number of amides is 4. The minimum atomic E-state index is -4.84. The Morgan fingerprint density at radius 3 is 2.67 bits per heavy atom. The predicted molar refractivity (Wildman–Crippen MR) is 89.9 cm³/mol. The molecular weight excluding hydrogens is 382 g/mol. The highest BCUT2D eigenvalue weighted by Crippen LogP contribution is 2.30. The Bertz CT molecular complexity index is 709. The van der Waals surface area contributed by atoms with Gasteiger partial charge in [-0.25, -0.2) is 4.79 Å². The fourth-order valence-corrected chi connectivity index (χ4v) is 4.08. The predicted octanol–water partition coefficient (Wildman–Crippen LogP) is -1.33. The molecule has 3 aliphatic rings. The van der Waals surface area contributed by atoms with E-state index in [0.29, 0.717) is 11.5 Å². The van der Waals surface area contributed by atoms with E-state index in [0.717, 1.165) is 30.7 Å². The third kappa shape index (κ3) is 4.86. The summed E-state index contributed by atoms with van der Waals surface area (Å²) in [7, 11) is -4.84. The first-order valence-corrected chi connectivity index (χ1v) is 10.2. The van der Waals surface area contributed by atoms with Crippen molar-refractivity contribution in [2.24, 2.45) is 0 Å². The van der Waals surface area contributed by atoms with Crippen molar-refractivity contribution in [3.8, 4) is 0 Å². The van der Waals surface area contributed by atoms with Gasteiger partial charge in [0, 0.05) is 19.0 Å². The summed E-state index contributed by atoms with van der Waals surface area (Å²) in [6.07, 6.45) is 3.87. The molecule has 0 aromatic carbocycles. The number of hydrazine groups is 1. The Morgan fingerprint density at radius 2 is 2.00 bits per heavy atom. The van der Waals surface area contributed by atoms with Gasteiger partial charge < -0.3 is 10.2 Å². The van der Waals surface area contributed by atoms with Gasteiger partial charge in [-0.3, -0.25) is 25.0 Å². The maximum absolute atomic E-state index is 12.4. The first kappa shape index (κ1) is 19.8. The third-order valence-electron chi connectivity index (χ3n) is 4.97. The van der Waals surface area contributed by atoms with E-state index in [-0.39, 0.29) is 31.3 Å². The second-order valence-electron chi connectivity index (χ2n) is 6.90. The van der Waals surface area contributed by atoms with Crippen molar-refractivity contribution in [3.05, 3.63) is 0 Å². The number of rotatable bonds is 5. The van der Waals surface area contributed by atoms with Crippen LogP contribution in [0.4, 0.5) is 4.79 Å². The standard InChI is InChI=1S/C14H23N5O7S/c20-12(7-9-3-1-2-6-15-9)16-17-13(21)11-5-4-10-8-18(11)14(22)19(10)26-27(23,24)25/h9-11,15H,1-8H2,(H,16,20)(H,17,21)(H,23,24,25)/t9?,10-,11+/m1/s1. The molecule has 0 aromatic heterocycles. The average molecular weight is 405 g/mol. The Morgan fingerprint density at radius 1 is 1.22 bits per heavy atom. The zero-order valence-electron chi connectivity index (χ0n) is 14.6. The molecule has 0 aliphatic carbocycles. The number of nitrogens with zero attached hydrogens (tertiary/aromatic N) is 2. The molecule has 4 N–H and O–H groups in total. The molecule has 0 spiro atoms. The maximum atomic E-state index is 12.4. The lowest BCUT2D eigenvalue weighted by molar-refractivity contribution is -0.132. The lowest BCUT2D eigenvalue weighted by atomic mass is 10.0. The van der Waals surface area contributed by atoms with Gasteiger partial charge in [-0.15, -0.1) is 4.28 Å². The molecular formula is C14H23N5O7S. The number of urea groups is 1. The summed E-state index contributed by atoms with van der Waals surface area (Å²) in [5.74, 6) is -0.902. The monoisotopic (exact) mass is 405 g/mol. The summed E-state index contributed by atoms with van der Waals surface area (Å²) in [4.78, 5) is 37.7. The van der Waals surface area contributed by atoms with E-state index in [1.807, 2.05) is 0 Å². The third-order valence-corrected chi connectivity index (χ3v) is 5.32. The average Bonchev–Trinajstić information content (AvgIpc) is 2.84. The second-order valence-corrected chi connectivity index (χ2v) is 7.90. The minimum Gasteiger partial charge on any atom is -0.313 e. The van der Waals surface area contributed by atoms with Crippen molar-refractivity contribution in [1.29, 1.82) is 0 Å². The van der Waals surface area contributed by atoms with Gasteiger partial charge >= 0.3 is 16.4 Å². The van der Waals surface area contributed by atoms with Crippen molar-refractivity contribution in [2.75, 3.05) is 13.1 Å². The summed E-state index contributed by atoms with van der Waals surface area (Å²) >= 11 is 0. The number of nitrogens with one attached hydrogen (secondary N) is 3. The molecule has 13 heteroatoms. The van der Waals surface area contributed by atoms with Crippen LogP contribution in [0.5, 0.6) is 0 Å². The largest absolute Gasteiger partial charge is 0.418 e. The van der Waals surface area contributed by atoms with Crippen LogP contribution in [-0.4, -0.2) is 72.0 Å². The Labute approximate surface area is 156 Å². The van der Waals surface area contributed by atoms with Crippen molar-refractivity contribution in [2.45, 2.75) is 56.7 Å². The molecule has 152 valence electrons. The Balaban J connectivity index is 1.50. The van der Waals surface area contributed by atoms with Crippen LogP contribution in [0.3, 0.4) is 0 Å². The van der Waals surface area contributed by atoms with Crippen molar-refractivity contribution >= 4 is 28.2 Å². The summed E-state index contributed by atoms with van der Waals surface area (Å²) in [6.45, 7) is 0.957. The number of fused-ring (bicyclic) bond motifs is 2. The topological polar surface area (TPSA) is 157 Å². The van der Waals surface area contributed by atoms with E-state index >= 15 is 0 Å². The van der Waals surface area contributed by atoms with Gasteiger partial charge in [0.2, 0.25) is 5.91 Å². The van der Waals surface area contributed by atoms with Gasteiger partial charge in [-0.05, 0) is 32.2 Å². The van der Waals surface area contributed by atoms with Crippen LogP contribution >= 0.6 is 0 Å². The molecule has 3 heterocycles. The summed E-state index contributed by atoms with van der Waals surface area (Å²) in [5.41, 5.74) is 4.67. The first-order valence-electron chi connectivity index (χ1n) is 8.83. The molecule has 3 atom stereocenters. The van der Waals surface area contributed by atoms with Crippen LogP contribution in [0.1, 0.15) is 38.5 Å². The molecule has 12 nitrogen and oxygen atoms in total. The normalized spacial score (nSPS) is 28.2. The van der Waals surface area contributed by atoms with Crippen LogP contribution in [0.25, 0.3) is 0 Å². The fourth-order valence-electron chi connectivity index (χ4n) is 3.69. The van der Waals surface area contributed by atoms with E-state index < -0.39 is 34.4 Å². The number of hydrogen-bond acceptors (Lipinski definition) is 7. The summed E-state index contributed by atoms with van der Waals surface area (Å²) in [5, 5.41) is 3.80. The molecule has 2 bridgehead atoms. The molecule has 27 heavy (non-hydrogen) atoms. The van der Waals surface area contributed by atoms with Crippen LogP contribution in [-0.2, 0) is 24.3 Å². The van der Waals surface area contributed by atoms with E-state index in [1.165, 1.54) is 0 Å². The highest BCUT2D eigenvalue weighted by Gasteiger charge is 2.49. The zero-order chi connectivity index (χ0) is 19.6. The molecule has 0 aromatic rings. The molecule has 1 unspecified atom stereocenters. The van der Waals surface area contributed by atoms with Crippen molar-refractivity contribution in [3.63, 3.8) is 0 Å². The van der Waals surface area contributed by atoms with Gasteiger partial charge in [0.05, 0.1) is 6.04 Å². The number of carbonyl (C=O) groups is 3. The van der Waals surface area contributed by atoms with Crippen LogP contribution in [0.2, 0.25) is 0 Å². The van der Waals surface area contributed by atoms with E-state index in [9.17, 15) is 22.8 Å². The quantitative estimate of drug-likeness (QED) is 0.324. The molecule has 3 saturated heterocycles. The molecule has 3 aliphatic heterocycles. The first-order chi connectivity index (χ1) is 12.7. The van der Waals surface area contributed by atoms with Gasteiger partial charge in [0.25, 0.3) is 5.91 Å². The molecule has 0 saturated carbocycles. The fraction of sp³-hybridized carbons (Fsp3) is 0.786. The lowest BCUT2D eigenvalue weighted by Crippen LogP contribution is -2.54. The second kappa shape index (κ2) is 7.96. The van der Waals surface area contributed by atoms with Crippen LogP contribution in [0, 0.1) is 0 Å². The molecule has 4 amide bonds. The van der Waals surface area contributed by atoms with E-state index in [2.05, 4.69) is 20.5 Å². The smallest absolute Gasteiger partial charge is 0.313 e. The Hall–Kier alpha value is -1.96. The van der Waals surface area contributed by atoms with E-state index in [4.69, 9.17) is 4.55 Å². The lowest BCUT2D eigenvalue weighted by Gasteiger charge is -2.29. The van der Waals surface area contributed by atoms with Crippen LogP contribution < -0.4 is 16.2 Å². The minimum absolute atomic E-state index is 0.0809.